The fraction of sp³-hybridized carbons (Fsp3) is 0.509. The fourth-order valence-electron chi connectivity index (χ4n) is 11.5. The van der Waals surface area contributed by atoms with Gasteiger partial charge in [0, 0.05) is 67.4 Å². The highest BCUT2D eigenvalue weighted by molar-refractivity contribution is 8.76. The number of rotatable bonds is 19. The van der Waals surface area contributed by atoms with E-state index in [1.807, 2.05) is 0 Å². The van der Waals surface area contributed by atoms with Gasteiger partial charge in [-0.1, -0.05) is 126 Å². The molecule has 3 aliphatic carbocycles. The van der Waals surface area contributed by atoms with Gasteiger partial charge in [-0.2, -0.15) is 0 Å². The van der Waals surface area contributed by atoms with Crippen LogP contribution >= 0.6 is 21.6 Å². The molecule has 0 spiro atoms. The minimum Gasteiger partial charge on any atom is -0.455 e. The minimum atomic E-state index is -2.24. The molecule has 4 aliphatic rings. The topological polar surface area (TPSA) is 251 Å². The maximum atomic E-state index is 15.8. The number of nitrogens with one attached hydrogen (secondary N) is 1. The first kappa shape index (κ1) is 54.6. The van der Waals surface area contributed by atoms with Gasteiger partial charge in [-0.3, -0.25) is 24.5 Å². The number of benzene rings is 3. The third-order valence-corrected chi connectivity index (χ3v) is 17.3. The number of hydrogen-bond donors (Lipinski definition) is 5. The van der Waals surface area contributed by atoms with Gasteiger partial charge >= 0.3 is 24.1 Å². The van der Waals surface area contributed by atoms with Gasteiger partial charge in [0.25, 0.3) is 0 Å². The highest BCUT2D eigenvalue weighted by atomic mass is 33.1. The first-order chi connectivity index (χ1) is 34.2. The van der Waals surface area contributed by atoms with Crippen LogP contribution in [0, 0.1) is 22.7 Å². The minimum absolute atomic E-state index is 0.0393. The number of Topliss-reactive ketones (excluding diaryl/α,β-unsaturated/α-hetero) is 2. The van der Waals surface area contributed by atoms with E-state index in [-0.39, 0.29) is 43.0 Å². The lowest BCUT2D eigenvalue weighted by molar-refractivity contribution is -0.339. The van der Waals surface area contributed by atoms with E-state index < -0.39 is 125 Å². The average Bonchev–Trinajstić information content (AvgIpc) is 3.35. The van der Waals surface area contributed by atoms with E-state index in [4.69, 9.17) is 33.5 Å². The molecule has 19 heteroatoms. The van der Waals surface area contributed by atoms with E-state index in [1.165, 1.54) is 35.4 Å². The van der Waals surface area contributed by atoms with Crippen molar-refractivity contribution in [3.63, 3.8) is 0 Å². The fourth-order valence-corrected chi connectivity index (χ4v) is 13.1. The van der Waals surface area contributed by atoms with Crippen molar-refractivity contribution in [1.82, 2.24) is 5.32 Å². The van der Waals surface area contributed by atoms with Crippen LogP contribution in [0.15, 0.2) is 102 Å². The summed E-state index contributed by atoms with van der Waals surface area (Å²) in [5, 5.41) is 50.1. The zero-order valence-corrected chi connectivity index (χ0v) is 42.7. The standard InChI is InChI=1S/C53H63NO16S2/c1-30-38(68-48(62)44(69-49(63)65-23-25-72-71-24-22-55)42(34-18-12-8-13-19-34)54-47(61)35-20-14-9-15-21-35)28-53(64)36(26-37(58)33-16-10-7-11-17-33)45-51(6,39(59)27-40-52(45,29-66-40)70-32(3)57)46(60)43(67-31(2)56)41(30)50(53,4)5/h7-21,36,38-40,42-45,47,54-55,59,61,64H,22-29H2,1-6H3/t36?,38-,39-,40+,42-,43?,44+,45?,47?,51+,52-,53+/m0/s1. The molecule has 388 valence electrons. The Morgan fingerprint density at radius 2 is 1.47 bits per heavy atom. The predicted molar refractivity (Wildman–Crippen MR) is 264 cm³/mol. The number of ketones is 2. The molecule has 0 aromatic heterocycles. The second-order valence-corrected chi connectivity index (χ2v) is 22.2. The lowest BCUT2D eigenvalue weighted by Gasteiger charge is -2.68. The summed E-state index contributed by atoms with van der Waals surface area (Å²) in [5.74, 6) is -6.09. The van der Waals surface area contributed by atoms with Gasteiger partial charge in [-0.15, -0.1) is 0 Å². The first-order valence-corrected chi connectivity index (χ1v) is 26.4. The van der Waals surface area contributed by atoms with E-state index in [9.17, 15) is 34.5 Å². The van der Waals surface area contributed by atoms with Crippen molar-refractivity contribution in [2.24, 2.45) is 22.7 Å². The normalized spacial score (nSPS) is 29.6. The molecule has 3 fully saturated rings. The number of carbonyl (C=O) groups is 6. The van der Waals surface area contributed by atoms with E-state index in [2.05, 4.69) is 5.32 Å². The molecular formula is C53H63NO16S2. The summed E-state index contributed by atoms with van der Waals surface area (Å²) in [7, 11) is 2.71. The van der Waals surface area contributed by atoms with Crippen LogP contribution in [0.5, 0.6) is 0 Å². The van der Waals surface area contributed by atoms with Crippen LogP contribution in [-0.4, -0.2) is 129 Å². The van der Waals surface area contributed by atoms with Gasteiger partial charge in [0.05, 0.1) is 36.4 Å². The number of fused-ring (bicyclic) bond motifs is 5. The summed E-state index contributed by atoms with van der Waals surface area (Å²) in [6, 6.07) is 23.8. The summed E-state index contributed by atoms with van der Waals surface area (Å²) in [4.78, 5) is 85.8. The third-order valence-electron chi connectivity index (χ3n) is 15.0. The zero-order valence-electron chi connectivity index (χ0n) is 41.0. The Kier molecular flexibility index (Phi) is 17.1. The molecule has 1 saturated heterocycles. The van der Waals surface area contributed by atoms with Crippen LogP contribution < -0.4 is 5.32 Å². The van der Waals surface area contributed by atoms with Crippen molar-refractivity contribution in [2.75, 3.05) is 31.3 Å². The Hall–Kier alpha value is -5.12. The van der Waals surface area contributed by atoms with Crippen molar-refractivity contribution < 1.29 is 77.6 Å². The molecule has 4 unspecified atom stereocenters. The molecule has 0 radical (unpaired) electrons. The maximum Gasteiger partial charge on any atom is 0.509 e. The summed E-state index contributed by atoms with van der Waals surface area (Å²) >= 11 is 0. The van der Waals surface area contributed by atoms with Crippen molar-refractivity contribution in [1.29, 1.82) is 0 Å². The number of esters is 3. The highest BCUT2D eigenvalue weighted by Gasteiger charge is 2.77. The van der Waals surface area contributed by atoms with Gasteiger partial charge in [0.15, 0.2) is 23.3 Å². The van der Waals surface area contributed by atoms with E-state index in [0.29, 0.717) is 22.6 Å². The molecule has 5 N–H and O–H groups in total. The zero-order chi connectivity index (χ0) is 52.2. The van der Waals surface area contributed by atoms with Gasteiger partial charge in [0.1, 0.15) is 25.0 Å². The van der Waals surface area contributed by atoms with Crippen LogP contribution in [0.25, 0.3) is 0 Å². The van der Waals surface area contributed by atoms with Crippen molar-refractivity contribution in [3.8, 4) is 0 Å². The summed E-state index contributed by atoms with van der Waals surface area (Å²) < 4.78 is 35.9. The SMILES string of the molecule is CC(=O)OC1C(=O)[C@@]2(C)C(C(CC(=O)c3ccccc3)[C@]3(O)C[C@H](OC(=O)[C@H](OC(=O)OCCSSCCO)[C@@H](NC(O)c4ccccc4)c4ccccc4)C(C)=C1C3(C)C)[C@]1(OC(C)=O)CO[C@@H]1C[C@@H]2O. The van der Waals surface area contributed by atoms with Crippen LogP contribution in [0.4, 0.5) is 4.79 Å². The monoisotopic (exact) mass is 1030 g/mol. The van der Waals surface area contributed by atoms with E-state index in [1.54, 1.807) is 112 Å². The van der Waals surface area contributed by atoms with E-state index >= 15 is 9.59 Å². The Morgan fingerprint density at radius 1 is 0.861 bits per heavy atom. The molecule has 2 bridgehead atoms. The van der Waals surface area contributed by atoms with Gasteiger partial charge in [0.2, 0.25) is 6.10 Å². The van der Waals surface area contributed by atoms with Crippen molar-refractivity contribution in [3.05, 3.63) is 119 Å². The van der Waals surface area contributed by atoms with Crippen LogP contribution in [0.1, 0.15) is 94.6 Å². The lowest BCUT2D eigenvalue weighted by atomic mass is 9.42. The van der Waals surface area contributed by atoms with E-state index in [0.717, 1.165) is 6.92 Å². The Balaban J connectivity index is 1.38. The molecular weight excluding hydrogens is 971 g/mol. The largest absolute Gasteiger partial charge is 0.509 e. The third kappa shape index (κ3) is 10.6. The average molecular weight is 1030 g/mol. The summed E-state index contributed by atoms with van der Waals surface area (Å²) in [5.41, 5.74) is -6.23. The number of ether oxygens (including phenoxy) is 6. The summed E-state index contributed by atoms with van der Waals surface area (Å²) in [6.07, 6.45) is -11.6. The maximum absolute atomic E-state index is 15.8. The number of hydrogen-bond acceptors (Lipinski definition) is 19. The smallest absolute Gasteiger partial charge is 0.455 e. The molecule has 12 atom stereocenters. The van der Waals surface area contributed by atoms with Crippen molar-refractivity contribution >= 4 is 57.2 Å². The van der Waals surface area contributed by atoms with Crippen molar-refractivity contribution in [2.45, 2.75) is 115 Å². The molecule has 1 heterocycles. The predicted octanol–water partition coefficient (Wildman–Crippen LogP) is 5.78. The molecule has 0 amide bonds. The van der Waals surface area contributed by atoms with Gasteiger partial charge in [-0.25, -0.2) is 9.59 Å². The Labute approximate surface area is 426 Å². The number of aliphatic hydroxyl groups is 4. The Morgan fingerprint density at radius 3 is 2.06 bits per heavy atom. The second-order valence-electron chi connectivity index (χ2n) is 19.5. The van der Waals surface area contributed by atoms with Crippen LogP contribution in [0.3, 0.4) is 0 Å². The molecule has 1 aliphatic heterocycles. The molecule has 3 aromatic rings. The lowest BCUT2D eigenvalue weighted by Crippen LogP contribution is -2.80. The molecule has 17 nitrogen and oxygen atoms in total. The second kappa shape index (κ2) is 22.6. The summed E-state index contributed by atoms with van der Waals surface area (Å²) in [6.45, 7) is 8.13. The van der Waals surface area contributed by atoms with Crippen LogP contribution in [0.2, 0.25) is 0 Å². The van der Waals surface area contributed by atoms with Crippen LogP contribution in [-0.2, 0) is 47.6 Å². The quantitative estimate of drug-likeness (QED) is 0.0181. The number of carbonyl (C=O) groups excluding carboxylic acids is 6. The number of aliphatic hydroxyl groups excluding tert-OH is 3. The molecule has 72 heavy (non-hydrogen) atoms. The van der Waals surface area contributed by atoms with Gasteiger partial charge in [-0.05, 0) is 36.1 Å². The Bertz CT molecular complexity index is 2490. The molecule has 7 rings (SSSR count). The first-order valence-electron chi connectivity index (χ1n) is 23.9. The molecule has 2 saturated carbocycles. The highest BCUT2D eigenvalue weighted by Crippen LogP contribution is 2.66. The molecule has 3 aromatic carbocycles. The van der Waals surface area contributed by atoms with Gasteiger partial charge < -0.3 is 48.8 Å².